The molecule has 1 fully saturated rings. The second kappa shape index (κ2) is 6.20. The Kier molecular flexibility index (Phi) is 4.60. The highest BCUT2D eigenvalue weighted by Crippen LogP contribution is 2.23. The van der Waals surface area contributed by atoms with E-state index >= 15 is 0 Å². The summed E-state index contributed by atoms with van der Waals surface area (Å²) in [5.74, 6) is 1.42. The van der Waals surface area contributed by atoms with E-state index in [2.05, 4.69) is 16.9 Å². The molecule has 4 heteroatoms. The highest BCUT2D eigenvalue weighted by atomic mass is 35.5. The molecule has 2 rings (SSSR count). The fraction of sp³-hybridized carbons (Fsp3) is 0.692. The molecule has 94 valence electrons. The molecule has 0 aliphatic heterocycles. The molecule has 0 amide bonds. The Morgan fingerprint density at radius 1 is 1.29 bits per heavy atom. The van der Waals surface area contributed by atoms with Crippen molar-refractivity contribution < 1.29 is 4.74 Å². The smallest absolute Gasteiger partial charge is 0.218 e. The molecule has 0 unspecified atom stereocenters. The minimum atomic E-state index is 0.309. The minimum absolute atomic E-state index is 0.309. The molecule has 0 aromatic carbocycles. The van der Waals surface area contributed by atoms with Gasteiger partial charge < -0.3 is 4.74 Å². The lowest BCUT2D eigenvalue weighted by molar-refractivity contribution is 0.148. The quantitative estimate of drug-likeness (QED) is 0.767. The zero-order valence-electron chi connectivity index (χ0n) is 10.3. The zero-order chi connectivity index (χ0) is 12.1. The first kappa shape index (κ1) is 12.6. The van der Waals surface area contributed by atoms with Crippen molar-refractivity contribution in [3.05, 3.63) is 17.0 Å². The van der Waals surface area contributed by atoms with Crippen molar-refractivity contribution in [1.82, 2.24) is 9.97 Å². The highest BCUT2D eigenvalue weighted by molar-refractivity contribution is 6.29. The SMILES string of the molecule is CCCc1nc(Cl)cc(OC2CCCCC2)n1. The van der Waals surface area contributed by atoms with Gasteiger partial charge in [-0.05, 0) is 32.1 Å². The van der Waals surface area contributed by atoms with Gasteiger partial charge in [-0.25, -0.2) is 4.98 Å². The van der Waals surface area contributed by atoms with Crippen LogP contribution in [0.1, 0.15) is 51.3 Å². The first-order valence-corrected chi connectivity index (χ1v) is 6.86. The average molecular weight is 255 g/mol. The Labute approximate surface area is 108 Å². The molecule has 17 heavy (non-hydrogen) atoms. The van der Waals surface area contributed by atoms with Crippen LogP contribution >= 0.6 is 11.6 Å². The summed E-state index contributed by atoms with van der Waals surface area (Å²) in [4.78, 5) is 8.59. The van der Waals surface area contributed by atoms with Crippen LogP contribution in [0.25, 0.3) is 0 Å². The Balaban J connectivity index is 2.03. The lowest BCUT2D eigenvalue weighted by atomic mass is 9.98. The summed E-state index contributed by atoms with van der Waals surface area (Å²) in [5, 5.41) is 0.481. The summed E-state index contributed by atoms with van der Waals surface area (Å²) in [6.07, 6.45) is 8.27. The highest BCUT2D eigenvalue weighted by Gasteiger charge is 2.16. The third-order valence-corrected chi connectivity index (χ3v) is 3.22. The van der Waals surface area contributed by atoms with Gasteiger partial charge in [-0.3, -0.25) is 0 Å². The molecule has 0 saturated heterocycles. The molecular formula is C13H19ClN2O. The second-order valence-electron chi connectivity index (χ2n) is 4.57. The Morgan fingerprint density at radius 2 is 2.06 bits per heavy atom. The number of nitrogens with zero attached hydrogens (tertiary/aromatic N) is 2. The van der Waals surface area contributed by atoms with Crippen LogP contribution in [-0.2, 0) is 6.42 Å². The first-order valence-electron chi connectivity index (χ1n) is 6.48. The summed E-state index contributed by atoms with van der Waals surface area (Å²) in [5.41, 5.74) is 0. The van der Waals surface area contributed by atoms with Gasteiger partial charge in [0.25, 0.3) is 0 Å². The van der Waals surface area contributed by atoms with E-state index in [9.17, 15) is 0 Å². The van der Waals surface area contributed by atoms with Crippen LogP contribution in [0.3, 0.4) is 0 Å². The first-order chi connectivity index (χ1) is 8.28. The van der Waals surface area contributed by atoms with Crippen LogP contribution in [0.4, 0.5) is 0 Å². The van der Waals surface area contributed by atoms with Gasteiger partial charge in [-0.15, -0.1) is 0 Å². The van der Waals surface area contributed by atoms with Gasteiger partial charge in [-0.1, -0.05) is 24.9 Å². The van der Waals surface area contributed by atoms with E-state index in [1.165, 1.54) is 19.3 Å². The van der Waals surface area contributed by atoms with Crippen LogP contribution in [0.15, 0.2) is 6.07 Å². The maximum absolute atomic E-state index is 5.97. The Hall–Kier alpha value is -0.830. The third kappa shape index (κ3) is 3.84. The summed E-state index contributed by atoms with van der Waals surface area (Å²) < 4.78 is 5.89. The van der Waals surface area contributed by atoms with Gasteiger partial charge in [-0.2, -0.15) is 4.98 Å². The average Bonchev–Trinajstić information content (AvgIpc) is 2.30. The van der Waals surface area contributed by atoms with E-state index in [0.29, 0.717) is 17.1 Å². The number of hydrogen-bond acceptors (Lipinski definition) is 3. The van der Waals surface area contributed by atoms with Crippen LogP contribution < -0.4 is 4.74 Å². The van der Waals surface area contributed by atoms with Gasteiger partial charge in [0.2, 0.25) is 5.88 Å². The van der Waals surface area contributed by atoms with E-state index < -0.39 is 0 Å². The molecule has 1 aromatic heterocycles. The van der Waals surface area contributed by atoms with Crippen molar-refractivity contribution >= 4 is 11.6 Å². The fourth-order valence-electron chi connectivity index (χ4n) is 2.19. The molecule has 1 aliphatic carbocycles. The predicted octanol–water partition coefficient (Wildman–Crippen LogP) is 3.79. The number of hydrogen-bond donors (Lipinski definition) is 0. The molecule has 1 saturated carbocycles. The number of ether oxygens (including phenoxy) is 1. The molecule has 0 radical (unpaired) electrons. The van der Waals surface area contributed by atoms with Crippen LogP contribution in [0.5, 0.6) is 5.88 Å². The largest absolute Gasteiger partial charge is 0.474 e. The topological polar surface area (TPSA) is 35.0 Å². The molecule has 0 N–H and O–H groups in total. The maximum atomic E-state index is 5.97. The second-order valence-corrected chi connectivity index (χ2v) is 4.96. The number of aromatic nitrogens is 2. The van der Waals surface area contributed by atoms with E-state index in [0.717, 1.165) is 31.5 Å². The van der Waals surface area contributed by atoms with Crippen LogP contribution in [0, 0.1) is 0 Å². The van der Waals surface area contributed by atoms with Gasteiger partial charge in [0.05, 0.1) is 0 Å². The van der Waals surface area contributed by atoms with Crippen molar-refractivity contribution in [3.8, 4) is 5.88 Å². The molecular weight excluding hydrogens is 236 g/mol. The summed E-state index contributed by atoms with van der Waals surface area (Å²) in [6.45, 7) is 2.10. The zero-order valence-corrected chi connectivity index (χ0v) is 11.0. The molecule has 1 aliphatic rings. The van der Waals surface area contributed by atoms with E-state index in [1.54, 1.807) is 6.07 Å². The normalized spacial score (nSPS) is 17.1. The standard InChI is InChI=1S/C13H19ClN2O/c1-2-6-12-15-11(14)9-13(16-12)17-10-7-4-3-5-8-10/h9-10H,2-8H2,1H3. The molecule has 1 heterocycles. The molecule has 3 nitrogen and oxygen atoms in total. The van der Waals surface area contributed by atoms with E-state index in [1.807, 2.05) is 0 Å². The Morgan fingerprint density at radius 3 is 2.76 bits per heavy atom. The van der Waals surface area contributed by atoms with Crippen molar-refractivity contribution in [2.45, 2.75) is 58.0 Å². The predicted molar refractivity (Wildman–Crippen MR) is 68.5 cm³/mol. The number of rotatable bonds is 4. The lowest BCUT2D eigenvalue weighted by Gasteiger charge is -2.22. The van der Waals surface area contributed by atoms with Crippen molar-refractivity contribution in [3.63, 3.8) is 0 Å². The van der Waals surface area contributed by atoms with E-state index in [4.69, 9.17) is 16.3 Å². The molecule has 0 atom stereocenters. The summed E-state index contributed by atoms with van der Waals surface area (Å²) in [7, 11) is 0. The molecule has 0 bridgehead atoms. The molecule has 0 spiro atoms. The summed E-state index contributed by atoms with van der Waals surface area (Å²) in [6, 6.07) is 1.72. The van der Waals surface area contributed by atoms with Gasteiger partial charge in [0.15, 0.2) is 0 Å². The van der Waals surface area contributed by atoms with Crippen LogP contribution in [0.2, 0.25) is 5.15 Å². The van der Waals surface area contributed by atoms with Gasteiger partial charge >= 0.3 is 0 Å². The third-order valence-electron chi connectivity index (χ3n) is 3.03. The van der Waals surface area contributed by atoms with Crippen molar-refractivity contribution in [2.24, 2.45) is 0 Å². The van der Waals surface area contributed by atoms with Crippen molar-refractivity contribution in [1.29, 1.82) is 0 Å². The fourth-order valence-corrected chi connectivity index (χ4v) is 2.38. The van der Waals surface area contributed by atoms with Crippen LogP contribution in [-0.4, -0.2) is 16.1 Å². The van der Waals surface area contributed by atoms with Gasteiger partial charge in [0.1, 0.15) is 17.1 Å². The molecule has 1 aromatic rings. The Bertz CT molecular complexity index is 364. The van der Waals surface area contributed by atoms with Gasteiger partial charge in [0, 0.05) is 12.5 Å². The monoisotopic (exact) mass is 254 g/mol. The minimum Gasteiger partial charge on any atom is -0.474 e. The van der Waals surface area contributed by atoms with E-state index in [-0.39, 0.29) is 0 Å². The lowest BCUT2D eigenvalue weighted by Crippen LogP contribution is -2.20. The number of halogens is 1. The number of aryl methyl sites for hydroxylation is 1. The summed E-state index contributed by atoms with van der Waals surface area (Å²) >= 11 is 5.97. The maximum Gasteiger partial charge on any atom is 0.218 e. The van der Waals surface area contributed by atoms with Crippen molar-refractivity contribution in [2.75, 3.05) is 0 Å².